The molecule has 1 aliphatic heterocycles. The summed E-state index contributed by atoms with van der Waals surface area (Å²) in [5.41, 5.74) is 0. The number of benzene rings is 1. The molecule has 0 aromatic heterocycles. The zero-order valence-corrected chi connectivity index (χ0v) is 13.2. The molecule has 0 aliphatic carbocycles. The molecular weight excluding hydrogens is 283 g/mol. The van der Waals surface area contributed by atoms with E-state index in [9.17, 15) is 9.18 Å². The molecule has 22 heavy (non-hydrogen) atoms. The van der Waals surface area contributed by atoms with Crippen LogP contribution in [0.3, 0.4) is 0 Å². The Bertz CT molecular complexity index is 473. The number of nitrogens with zero attached hydrogens (tertiary/aromatic N) is 1. The Morgan fingerprint density at radius 1 is 1.36 bits per heavy atom. The van der Waals surface area contributed by atoms with Gasteiger partial charge >= 0.3 is 0 Å². The molecular formula is C17H25FN2O2. The van der Waals surface area contributed by atoms with Crippen LogP contribution < -0.4 is 10.1 Å². The van der Waals surface area contributed by atoms with Gasteiger partial charge in [0.15, 0.2) is 11.6 Å². The van der Waals surface area contributed by atoms with Crippen molar-refractivity contribution in [1.29, 1.82) is 0 Å². The lowest BCUT2D eigenvalue weighted by Crippen LogP contribution is -2.41. The van der Waals surface area contributed by atoms with Crippen molar-refractivity contribution in [3.63, 3.8) is 0 Å². The molecule has 0 radical (unpaired) electrons. The van der Waals surface area contributed by atoms with Crippen LogP contribution in [-0.2, 0) is 4.79 Å². The maximum Gasteiger partial charge on any atom is 0.225 e. The summed E-state index contributed by atoms with van der Waals surface area (Å²) >= 11 is 0. The molecule has 0 bridgehead atoms. The number of nitrogens with one attached hydrogen (secondary N) is 1. The van der Waals surface area contributed by atoms with Gasteiger partial charge in [-0.1, -0.05) is 19.1 Å². The molecule has 2 rings (SSSR count). The third kappa shape index (κ3) is 4.98. The van der Waals surface area contributed by atoms with E-state index in [2.05, 4.69) is 12.2 Å². The molecule has 1 amide bonds. The minimum Gasteiger partial charge on any atom is -0.490 e. The second-order valence-corrected chi connectivity index (χ2v) is 5.66. The van der Waals surface area contributed by atoms with Gasteiger partial charge in [0.25, 0.3) is 0 Å². The Morgan fingerprint density at radius 3 is 2.77 bits per heavy atom. The summed E-state index contributed by atoms with van der Waals surface area (Å²) in [4.78, 5) is 14.0. The molecule has 1 aromatic carbocycles. The van der Waals surface area contributed by atoms with E-state index < -0.39 is 0 Å². The molecule has 122 valence electrons. The highest BCUT2D eigenvalue weighted by atomic mass is 19.1. The first kappa shape index (κ1) is 16.7. The van der Waals surface area contributed by atoms with Crippen LogP contribution in [0.1, 0.15) is 26.2 Å². The molecule has 0 spiro atoms. The maximum absolute atomic E-state index is 13.4. The zero-order valence-electron chi connectivity index (χ0n) is 13.2. The fraction of sp³-hybridized carbons (Fsp3) is 0.588. The summed E-state index contributed by atoms with van der Waals surface area (Å²) in [5, 5.41) is 3.36. The SMILES string of the molecule is CCNCC1CCN(C(=O)CCOc2ccccc2F)CC1. The molecule has 1 fully saturated rings. The van der Waals surface area contributed by atoms with Crippen LogP contribution >= 0.6 is 0 Å². The number of hydrogen-bond donors (Lipinski definition) is 1. The van der Waals surface area contributed by atoms with Gasteiger partial charge in [0, 0.05) is 13.1 Å². The Labute approximate surface area is 131 Å². The average Bonchev–Trinajstić information content (AvgIpc) is 2.55. The Kier molecular flexibility index (Phi) is 6.65. The van der Waals surface area contributed by atoms with E-state index in [1.54, 1.807) is 18.2 Å². The second kappa shape index (κ2) is 8.73. The summed E-state index contributed by atoms with van der Waals surface area (Å²) in [5.74, 6) is 0.579. The quantitative estimate of drug-likeness (QED) is 0.841. The maximum atomic E-state index is 13.4. The smallest absolute Gasteiger partial charge is 0.225 e. The highest BCUT2D eigenvalue weighted by Crippen LogP contribution is 2.18. The number of rotatable bonds is 7. The number of carbonyl (C=O) groups excluding carboxylic acids is 1. The highest BCUT2D eigenvalue weighted by molar-refractivity contribution is 5.76. The van der Waals surface area contributed by atoms with E-state index in [0.717, 1.165) is 39.0 Å². The van der Waals surface area contributed by atoms with Crippen LogP contribution in [0.4, 0.5) is 4.39 Å². The molecule has 0 saturated carbocycles. The van der Waals surface area contributed by atoms with Gasteiger partial charge in [0.2, 0.25) is 5.91 Å². The van der Waals surface area contributed by atoms with Crippen LogP contribution in [0, 0.1) is 11.7 Å². The van der Waals surface area contributed by atoms with Crippen molar-refractivity contribution in [2.45, 2.75) is 26.2 Å². The van der Waals surface area contributed by atoms with Gasteiger partial charge in [0.1, 0.15) is 0 Å². The van der Waals surface area contributed by atoms with Gasteiger partial charge in [-0.15, -0.1) is 0 Å². The Morgan fingerprint density at radius 2 is 2.09 bits per heavy atom. The molecule has 0 atom stereocenters. The number of carbonyl (C=O) groups is 1. The van der Waals surface area contributed by atoms with Crippen LogP contribution in [-0.4, -0.2) is 43.6 Å². The fourth-order valence-corrected chi connectivity index (χ4v) is 2.70. The molecule has 0 unspecified atom stereocenters. The van der Waals surface area contributed by atoms with Crippen molar-refractivity contribution in [3.05, 3.63) is 30.1 Å². The molecule has 5 heteroatoms. The number of likely N-dealkylation sites (tertiary alicyclic amines) is 1. The van der Waals surface area contributed by atoms with Gasteiger partial charge in [-0.3, -0.25) is 4.79 Å². The zero-order chi connectivity index (χ0) is 15.8. The van der Waals surface area contributed by atoms with Crippen LogP contribution in [0.25, 0.3) is 0 Å². The van der Waals surface area contributed by atoms with Crippen LogP contribution in [0.2, 0.25) is 0 Å². The summed E-state index contributed by atoms with van der Waals surface area (Å²) in [6.45, 7) is 5.98. The highest BCUT2D eigenvalue weighted by Gasteiger charge is 2.22. The molecule has 1 N–H and O–H groups in total. The van der Waals surface area contributed by atoms with E-state index in [-0.39, 0.29) is 24.1 Å². The lowest BCUT2D eigenvalue weighted by Gasteiger charge is -2.32. The number of ether oxygens (including phenoxy) is 1. The summed E-state index contributed by atoms with van der Waals surface area (Å²) < 4.78 is 18.7. The standard InChI is InChI=1S/C17H25FN2O2/c1-2-19-13-14-7-10-20(11-8-14)17(21)9-12-22-16-6-4-3-5-15(16)18/h3-6,14,19H,2,7-13H2,1H3. The Balaban J connectivity index is 1.67. The van der Waals surface area contributed by atoms with E-state index in [4.69, 9.17) is 4.74 Å². The first-order valence-electron chi connectivity index (χ1n) is 8.06. The predicted octanol–water partition coefficient (Wildman–Crippen LogP) is 2.44. The number of piperidine rings is 1. The molecule has 1 heterocycles. The molecule has 1 saturated heterocycles. The first-order valence-corrected chi connectivity index (χ1v) is 8.06. The Hall–Kier alpha value is -1.62. The minimum absolute atomic E-state index is 0.0956. The number of halogens is 1. The third-order valence-corrected chi connectivity index (χ3v) is 4.06. The van der Waals surface area contributed by atoms with Crippen molar-refractivity contribution in [3.8, 4) is 5.75 Å². The van der Waals surface area contributed by atoms with Crippen LogP contribution in [0.15, 0.2) is 24.3 Å². The van der Waals surface area contributed by atoms with Gasteiger partial charge in [-0.25, -0.2) is 4.39 Å². The van der Waals surface area contributed by atoms with Gasteiger partial charge in [0.05, 0.1) is 13.0 Å². The predicted molar refractivity (Wildman–Crippen MR) is 84.4 cm³/mol. The van der Waals surface area contributed by atoms with Crippen LogP contribution in [0.5, 0.6) is 5.75 Å². The second-order valence-electron chi connectivity index (χ2n) is 5.66. The largest absolute Gasteiger partial charge is 0.490 e. The number of hydrogen-bond acceptors (Lipinski definition) is 3. The molecule has 1 aliphatic rings. The first-order chi connectivity index (χ1) is 10.7. The van der Waals surface area contributed by atoms with Gasteiger partial charge < -0.3 is 15.0 Å². The van der Waals surface area contributed by atoms with Crippen molar-refractivity contribution in [2.75, 3.05) is 32.8 Å². The van der Waals surface area contributed by atoms with E-state index in [1.165, 1.54) is 6.07 Å². The fourth-order valence-electron chi connectivity index (χ4n) is 2.70. The topological polar surface area (TPSA) is 41.6 Å². The van der Waals surface area contributed by atoms with Crippen molar-refractivity contribution in [1.82, 2.24) is 10.2 Å². The molecule has 4 nitrogen and oxygen atoms in total. The lowest BCUT2D eigenvalue weighted by atomic mass is 9.96. The van der Waals surface area contributed by atoms with E-state index in [1.807, 2.05) is 4.90 Å². The summed E-state index contributed by atoms with van der Waals surface area (Å²) in [6, 6.07) is 6.26. The van der Waals surface area contributed by atoms with Gasteiger partial charge in [-0.2, -0.15) is 0 Å². The van der Waals surface area contributed by atoms with E-state index in [0.29, 0.717) is 12.3 Å². The number of para-hydroxylation sites is 1. The third-order valence-electron chi connectivity index (χ3n) is 4.06. The minimum atomic E-state index is -0.390. The van der Waals surface area contributed by atoms with E-state index >= 15 is 0 Å². The summed E-state index contributed by atoms with van der Waals surface area (Å²) in [6.07, 6.45) is 2.39. The van der Waals surface area contributed by atoms with Gasteiger partial charge in [-0.05, 0) is 44.0 Å². The monoisotopic (exact) mass is 308 g/mol. The lowest BCUT2D eigenvalue weighted by molar-refractivity contribution is -0.133. The number of amides is 1. The summed E-state index contributed by atoms with van der Waals surface area (Å²) in [7, 11) is 0. The normalized spacial score (nSPS) is 15.8. The average molecular weight is 308 g/mol. The molecule has 1 aromatic rings. The van der Waals surface area contributed by atoms with Crippen molar-refractivity contribution < 1.29 is 13.9 Å². The van der Waals surface area contributed by atoms with Crippen molar-refractivity contribution in [2.24, 2.45) is 5.92 Å². The van der Waals surface area contributed by atoms with Crippen molar-refractivity contribution >= 4 is 5.91 Å².